The lowest BCUT2D eigenvalue weighted by atomic mass is 9.87. The van der Waals surface area contributed by atoms with Crippen LogP contribution in [0.5, 0.6) is 0 Å². The van der Waals surface area contributed by atoms with Crippen LogP contribution in [0.1, 0.15) is 29.5 Å². The molecule has 0 aliphatic carbocycles. The molecule has 1 unspecified atom stereocenters. The Morgan fingerprint density at radius 2 is 1.79 bits per heavy atom. The number of amides is 3. The van der Waals surface area contributed by atoms with E-state index in [1.165, 1.54) is 4.90 Å². The molecule has 0 bridgehead atoms. The highest BCUT2D eigenvalue weighted by molar-refractivity contribution is 6.37. The summed E-state index contributed by atoms with van der Waals surface area (Å²) in [5, 5.41) is 9.80. The zero-order chi connectivity index (χ0) is 20.1. The fraction of sp³-hybridized carbons (Fsp3) is 0.286. The quantitative estimate of drug-likeness (QED) is 0.683. The fourth-order valence-electron chi connectivity index (χ4n) is 4.08. The van der Waals surface area contributed by atoms with E-state index < -0.39 is 5.54 Å². The van der Waals surface area contributed by atoms with Gasteiger partial charge in [0.2, 0.25) is 0 Å². The highest BCUT2D eigenvalue weighted by Crippen LogP contribution is 2.43. The average molecular weight is 414 g/mol. The molecule has 2 heterocycles. The number of benzene rings is 2. The maximum absolute atomic E-state index is 13.5. The molecule has 2 aliphatic heterocycles. The highest BCUT2D eigenvalue weighted by atomic mass is 35.5. The third-order valence-corrected chi connectivity index (χ3v) is 6.40. The van der Waals surface area contributed by atoms with Gasteiger partial charge in [-0.3, -0.25) is 4.79 Å². The van der Waals surface area contributed by atoms with Crippen LogP contribution in [0.2, 0.25) is 10.0 Å². The first-order valence-electron chi connectivity index (χ1n) is 8.98. The minimum Gasteiger partial charge on any atom is -0.309 e. The third kappa shape index (κ3) is 2.76. The number of rotatable bonds is 3. The summed E-state index contributed by atoms with van der Waals surface area (Å²) < 4.78 is 0. The molecule has 2 saturated heterocycles. The Bertz CT molecular complexity index is 1010. The second-order valence-electron chi connectivity index (χ2n) is 7.23. The van der Waals surface area contributed by atoms with Gasteiger partial charge in [0.1, 0.15) is 5.54 Å². The molecule has 2 aromatic rings. The smallest absolute Gasteiger partial charge is 0.309 e. The molecule has 0 radical (unpaired) electrons. The van der Waals surface area contributed by atoms with Crippen LogP contribution in [0, 0.1) is 18.3 Å². The topological polar surface area (TPSA) is 64.4 Å². The molecule has 7 heteroatoms. The van der Waals surface area contributed by atoms with Crippen LogP contribution in [0.15, 0.2) is 36.4 Å². The average Bonchev–Trinajstić information content (AvgIpc) is 3.18. The second kappa shape index (κ2) is 6.80. The molecule has 3 amide bonds. The van der Waals surface area contributed by atoms with Gasteiger partial charge in [-0.1, -0.05) is 35.3 Å². The van der Waals surface area contributed by atoms with E-state index in [1.54, 1.807) is 36.1 Å². The van der Waals surface area contributed by atoms with Crippen LogP contribution in [-0.4, -0.2) is 28.9 Å². The molecule has 0 N–H and O–H groups in total. The predicted molar refractivity (Wildman–Crippen MR) is 108 cm³/mol. The van der Waals surface area contributed by atoms with Gasteiger partial charge in [0.25, 0.3) is 5.91 Å². The Hall–Kier alpha value is -2.55. The van der Waals surface area contributed by atoms with Crippen LogP contribution in [0.3, 0.4) is 0 Å². The number of fused-ring (bicyclic) bond motifs is 1. The minimum atomic E-state index is -0.908. The number of urea groups is 1. The lowest BCUT2D eigenvalue weighted by Gasteiger charge is -2.28. The zero-order valence-electron chi connectivity index (χ0n) is 15.2. The van der Waals surface area contributed by atoms with Crippen molar-refractivity contribution in [3.8, 4) is 6.07 Å². The van der Waals surface area contributed by atoms with Crippen molar-refractivity contribution < 1.29 is 9.59 Å². The van der Waals surface area contributed by atoms with E-state index >= 15 is 0 Å². The molecular weight excluding hydrogens is 397 g/mol. The molecule has 5 nitrogen and oxygen atoms in total. The van der Waals surface area contributed by atoms with E-state index in [1.807, 2.05) is 12.1 Å². The molecular formula is C21H17Cl2N3O2. The van der Waals surface area contributed by atoms with E-state index in [4.69, 9.17) is 28.5 Å². The Balaban J connectivity index is 1.73. The molecule has 2 aromatic carbocycles. The van der Waals surface area contributed by atoms with Gasteiger partial charge < -0.3 is 4.90 Å². The van der Waals surface area contributed by atoms with Crippen LogP contribution >= 0.6 is 23.2 Å². The number of nitrogens with zero attached hydrogens (tertiary/aromatic N) is 3. The summed E-state index contributed by atoms with van der Waals surface area (Å²) in [7, 11) is 0. The number of nitriles is 1. The normalized spacial score (nSPS) is 21.2. The Kier molecular flexibility index (Phi) is 4.57. The Morgan fingerprint density at radius 3 is 2.39 bits per heavy atom. The first-order valence-corrected chi connectivity index (χ1v) is 9.74. The third-order valence-electron chi connectivity index (χ3n) is 5.62. The van der Waals surface area contributed by atoms with Crippen molar-refractivity contribution in [3.05, 3.63) is 63.1 Å². The van der Waals surface area contributed by atoms with Crippen molar-refractivity contribution in [2.75, 3.05) is 11.4 Å². The van der Waals surface area contributed by atoms with Gasteiger partial charge in [0.15, 0.2) is 0 Å². The van der Waals surface area contributed by atoms with Gasteiger partial charge in [-0.2, -0.15) is 5.26 Å². The first-order chi connectivity index (χ1) is 13.4. The molecule has 2 aliphatic rings. The summed E-state index contributed by atoms with van der Waals surface area (Å²) in [6, 6.07) is 12.1. The van der Waals surface area contributed by atoms with Crippen LogP contribution in [0.4, 0.5) is 10.5 Å². The number of hydrogen-bond acceptors (Lipinski definition) is 3. The summed E-state index contributed by atoms with van der Waals surface area (Å²) >= 11 is 12.5. The summed E-state index contributed by atoms with van der Waals surface area (Å²) in [5.41, 5.74) is 1.66. The summed E-state index contributed by atoms with van der Waals surface area (Å²) in [4.78, 5) is 29.4. The molecule has 28 heavy (non-hydrogen) atoms. The van der Waals surface area contributed by atoms with Gasteiger partial charge in [-0.05, 0) is 55.2 Å². The lowest BCUT2D eigenvalue weighted by Crippen LogP contribution is -2.47. The second-order valence-corrected chi connectivity index (χ2v) is 8.04. The Morgan fingerprint density at radius 1 is 1.14 bits per heavy atom. The minimum absolute atomic E-state index is 0.254. The van der Waals surface area contributed by atoms with Crippen molar-refractivity contribution in [2.24, 2.45) is 0 Å². The zero-order valence-corrected chi connectivity index (χ0v) is 16.7. The molecule has 0 spiro atoms. The number of halogens is 2. The maximum atomic E-state index is 13.5. The van der Waals surface area contributed by atoms with Gasteiger partial charge >= 0.3 is 6.03 Å². The Labute approximate surface area is 173 Å². The summed E-state index contributed by atoms with van der Waals surface area (Å²) in [6.07, 6.45) is 1.78. The fourth-order valence-corrected chi connectivity index (χ4v) is 4.55. The SMILES string of the molecule is Cc1c(Cl)cc(N2C(=O)N3CCCC3(Cc3ccc(C#N)cc3)C2=O)cc1Cl. The van der Waals surface area contributed by atoms with Crippen LogP contribution < -0.4 is 4.90 Å². The number of anilines is 1. The molecule has 1 atom stereocenters. The van der Waals surface area contributed by atoms with E-state index in [2.05, 4.69) is 6.07 Å². The van der Waals surface area contributed by atoms with E-state index in [9.17, 15) is 9.59 Å². The van der Waals surface area contributed by atoms with Crippen molar-refractivity contribution >= 4 is 40.8 Å². The monoisotopic (exact) mass is 413 g/mol. The predicted octanol–water partition coefficient (Wildman–Crippen LogP) is 4.72. The van der Waals surface area contributed by atoms with Gasteiger partial charge in [-0.15, -0.1) is 0 Å². The molecule has 2 fully saturated rings. The number of imide groups is 1. The van der Waals surface area contributed by atoms with Gasteiger partial charge in [0.05, 0.1) is 17.3 Å². The standard InChI is InChI=1S/C21H17Cl2N3O2/c1-13-17(22)9-16(10-18(13)23)26-19(27)21(7-2-8-25(21)20(26)28)11-14-3-5-15(12-24)6-4-14/h3-6,9-10H,2,7-8,11H2,1H3. The molecule has 0 aromatic heterocycles. The van der Waals surface area contributed by atoms with Gasteiger partial charge in [0, 0.05) is 23.0 Å². The van der Waals surface area contributed by atoms with Crippen LogP contribution in [0.25, 0.3) is 0 Å². The largest absolute Gasteiger partial charge is 0.332 e. The molecule has 142 valence electrons. The number of carbonyl (C=O) groups is 2. The molecule has 0 saturated carbocycles. The maximum Gasteiger partial charge on any atom is 0.332 e. The van der Waals surface area contributed by atoms with Crippen LogP contribution in [-0.2, 0) is 11.2 Å². The van der Waals surface area contributed by atoms with E-state index in [0.29, 0.717) is 46.2 Å². The van der Waals surface area contributed by atoms with E-state index in [-0.39, 0.29) is 11.9 Å². The lowest BCUT2D eigenvalue weighted by molar-refractivity contribution is -0.123. The van der Waals surface area contributed by atoms with Crippen molar-refractivity contribution in [1.82, 2.24) is 4.90 Å². The van der Waals surface area contributed by atoms with E-state index in [0.717, 1.165) is 12.0 Å². The summed E-state index contributed by atoms with van der Waals surface area (Å²) in [6.45, 7) is 2.32. The van der Waals surface area contributed by atoms with Crippen molar-refractivity contribution in [2.45, 2.75) is 31.7 Å². The van der Waals surface area contributed by atoms with Crippen molar-refractivity contribution in [3.63, 3.8) is 0 Å². The van der Waals surface area contributed by atoms with Gasteiger partial charge in [-0.25, -0.2) is 9.69 Å². The first kappa shape index (κ1) is 18.8. The number of carbonyl (C=O) groups excluding carboxylic acids is 2. The highest BCUT2D eigenvalue weighted by Gasteiger charge is 2.59. The molecule has 4 rings (SSSR count). The summed E-state index contributed by atoms with van der Waals surface area (Å²) in [5.74, 6) is -0.254. The number of hydrogen-bond donors (Lipinski definition) is 0. The van der Waals surface area contributed by atoms with Crippen molar-refractivity contribution in [1.29, 1.82) is 5.26 Å².